The molecular weight excluding hydrogens is 134 g/mol. The van der Waals surface area contributed by atoms with Gasteiger partial charge in [0.25, 0.3) is 0 Å². The minimum atomic E-state index is -1.00. The zero-order valence-electron chi connectivity index (χ0n) is 6.13. The largest absolute Gasteiger partial charge is 0.235 e. The molecule has 3 heteroatoms. The summed E-state index contributed by atoms with van der Waals surface area (Å²) in [5.74, 6) is 0. The van der Waals surface area contributed by atoms with Crippen LogP contribution in [0.3, 0.4) is 0 Å². The number of hydrogen-bond donors (Lipinski definition) is 0. The molecule has 1 unspecified atom stereocenters. The van der Waals surface area contributed by atoms with Crippen LogP contribution in [0.15, 0.2) is 4.40 Å². The summed E-state index contributed by atoms with van der Waals surface area (Å²) in [6.07, 6.45) is 2.55. The number of hydrogen-bond acceptors (Lipinski definition) is 1. The molecule has 0 aliphatic heterocycles. The lowest BCUT2D eigenvalue weighted by atomic mass is 10.6. The maximum absolute atomic E-state index is 10.8. The minimum absolute atomic E-state index is 0.146. The Bertz CT molecular complexity index is 120. The average Bonchev–Trinajstić information content (AvgIpc) is 1.82. The summed E-state index contributed by atoms with van der Waals surface area (Å²) < 4.78 is 14.6. The van der Waals surface area contributed by atoms with Crippen LogP contribution in [0, 0.1) is 0 Å². The Balaban J connectivity index is 3.63. The molecule has 0 amide bonds. The average molecular weight is 147 g/mol. The van der Waals surface area contributed by atoms with Gasteiger partial charge in [0.1, 0.15) is 11.0 Å². The molecule has 0 heterocycles. The first-order valence-electron chi connectivity index (χ1n) is 3.11. The van der Waals surface area contributed by atoms with Gasteiger partial charge in [0.15, 0.2) is 0 Å². The molecule has 0 fully saturated rings. The second kappa shape index (κ2) is 4.68. The Labute approximate surface area is 59.0 Å². The summed E-state index contributed by atoms with van der Waals surface area (Å²) in [7, 11) is -1.00. The van der Waals surface area contributed by atoms with Gasteiger partial charge in [-0.05, 0) is 20.3 Å². The van der Waals surface area contributed by atoms with E-state index < -0.39 is 11.0 Å². The Morgan fingerprint density at radius 3 is 2.56 bits per heavy atom. The van der Waals surface area contributed by atoms with Crippen molar-refractivity contribution >= 4 is 17.2 Å². The topological polar surface area (TPSA) is 29.4 Å². The van der Waals surface area contributed by atoms with E-state index in [0.717, 1.165) is 6.42 Å². The Hall–Kier alpha value is -0.180. The van der Waals surface area contributed by atoms with Gasteiger partial charge in [0.05, 0.1) is 5.25 Å². The Morgan fingerprint density at radius 1 is 1.67 bits per heavy atom. The maximum atomic E-state index is 10.8. The predicted molar refractivity (Wildman–Crippen MR) is 42.1 cm³/mol. The van der Waals surface area contributed by atoms with Crippen molar-refractivity contribution in [2.24, 2.45) is 4.40 Å². The van der Waals surface area contributed by atoms with Crippen molar-refractivity contribution in [2.45, 2.75) is 32.4 Å². The van der Waals surface area contributed by atoms with Crippen LogP contribution < -0.4 is 0 Å². The van der Waals surface area contributed by atoms with E-state index in [4.69, 9.17) is 0 Å². The van der Waals surface area contributed by atoms with Gasteiger partial charge in [0.2, 0.25) is 0 Å². The molecule has 0 radical (unpaired) electrons. The monoisotopic (exact) mass is 147 g/mol. The number of rotatable bonds is 3. The van der Waals surface area contributed by atoms with E-state index in [2.05, 4.69) is 4.40 Å². The van der Waals surface area contributed by atoms with Gasteiger partial charge in [-0.15, -0.1) is 0 Å². The van der Waals surface area contributed by atoms with Gasteiger partial charge in [-0.1, -0.05) is 6.92 Å². The third-order valence-electron chi connectivity index (χ3n) is 0.764. The fraction of sp³-hybridized carbons (Fsp3) is 0.833. The van der Waals surface area contributed by atoms with E-state index >= 15 is 0 Å². The molecular formula is C6H13NOS. The van der Waals surface area contributed by atoms with E-state index in [-0.39, 0.29) is 5.25 Å². The zero-order valence-corrected chi connectivity index (χ0v) is 6.94. The second-order valence-electron chi connectivity index (χ2n) is 2.02. The van der Waals surface area contributed by atoms with Crippen LogP contribution in [-0.4, -0.2) is 15.7 Å². The first-order valence-corrected chi connectivity index (χ1v) is 4.28. The molecule has 2 nitrogen and oxygen atoms in total. The third kappa shape index (κ3) is 4.33. The van der Waals surface area contributed by atoms with Gasteiger partial charge in [-0.3, -0.25) is 0 Å². The molecule has 0 aliphatic carbocycles. The molecule has 0 N–H and O–H groups in total. The molecule has 9 heavy (non-hydrogen) atoms. The summed E-state index contributed by atoms with van der Waals surface area (Å²) in [5.41, 5.74) is 0. The fourth-order valence-corrected chi connectivity index (χ4v) is 0.809. The molecule has 0 aliphatic rings. The van der Waals surface area contributed by atoms with Crippen LogP contribution in [0.1, 0.15) is 27.2 Å². The summed E-state index contributed by atoms with van der Waals surface area (Å²) in [6.45, 7) is 5.76. The zero-order chi connectivity index (χ0) is 7.28. The van der Waals surface area contributed by atoms with Gasteiger partial charge in [-0.25, -0.2) is 4.21 Å². The van der Waals surface area contributed by atoms with E-state index in [1.165, 1.54) is 0 Å². The highest BCUT2D eigenvalue weighted by atomic mass is 32.2. The van der Waals surface area contributed by atoms with E-state index in [0.29, 0.717) is 0 Å². The molecule has 0 saturated carbocycles. The molecule has 0 aromatic carbocycles. The van der Waals surface area contributed by atoms with Crippen molar-refractivity contribution in [1.29, 1.82) is 0 Å². The quantitative estimate of drug-likeness (QED) is 0.557. The summed E-state index contributed by atoms with van der Waals surface area (Å²) >= 11 is 0. The first kappa shape index (κ1) is 8.82. The van der Waals surface area contributed by atoms with Crippen LogP contribution in [-0.2, 0) is 11.0 Å². The molecule has 0 rings (SSSR count). The SMILES string of the molecule is CCC=NS(=O)C(C)C. The maximum Gasteiger partial charge on any atom is 0.141 e. The highest BCUT2D eigenvalue weighted by Gasteiger charge is 1.98. The van der Waals surface area contributed by atoms with Crippen LogP contribution in [0.2, 0.25) is 0 Å². The fourth-order valence-electron chi connectivity index (χ4n) is 0.270. The van der Waals surface area contributed by atoms with E-state index in [9.17, 15) is 4.21 Å². The van der Waals surface area contributed by atoms with Gasteiger partial charge in [0, 0.05) is 6.21 Å². The summed E-state index contributed by atoms with van der Waals surface area (Å²) in [5, 5.41) is 0.146. The van der Waals surface area contributed by atoms with Gasteiger partial charge >= 0.3 is 0 Å². The van der Waals surface area contributed by atoms with Gasteiger partial charge in [-0.2, -0.15) is 4.40 Å². The molecule has 0 aromatic rings. The lowest BCUT2D eigenvalue weighted by molar-refractivity contribution is 0.678. The molecule has 0 aromatic heterocycles. The molecule has 0 spiro atoms. The first-order chi connectivity index (χ1) is 4.18. The third-order valence-corrected chi connectivity index (χ3v) is 1.93. The van der Waals surface area contributed by atoms with E-state index in [1.54, 1.807) is 6.21 Å². The smallest absolute Gasteiger partial charge is 0.141 e. The van der Waals surface area contributed by atoms with Crippen LogP contribution >= 0.6 is 0 Å². The number of nitrogens with zero attached hydrogens (tertiary/aromatic N) is 1. The molecule has 1 atom stereocenters. The Kier molecular flexibility index (Phi) is 4.58. The van der Waals surface area contributed by atoms with Crippen molar-refractivity contribution in [1.82, 2.24) is 0 Å². The molecule has 0 bridgehead atoms. The molecule has 0 saturated heterocycles. The van der Waals surface area contributed by atoms with Gasteiger partial charge < -0.3 is 0 Å². The van der Waals surface area contributed by atoms with Crippen LogP contribution in [0.4, 0.5) is 0 Å². The van der Waals surface area contributed by atoms with Crippen LogP contribution in [0.25, 0.3) is 0 Å². The standard InChI is InChI=1S/C6H13NOS/c1-4-5-7-9(8)6(2)3/h5-6H,4H2,1-3H3. The highest BCUT2D eigenvalue weighted by Crippen LogP contribution is 1.93. The predicted octanol–water partition coefficient (Wildman–Crippen LogP) is 1.54. The summed E-state index contributed by atoms with van der Waals surface area (Å²) in [4.78, 5) is 0. The van der Waals surface area contributed by atoms with Crippen molar-refractivity contribution in [3.05, 3.63) is 0 Å². The minimum Gasteiger partial charge on any atom is -0.235 e. The van der Waals surface area contributed by atoms with Crippen molar-refractivity contribution in [2.75, 3.05) is 0 Å². The summed E-state index contributed by atoms with van der Waals surface area (Å²) in [6, 6.07) is 0. The molecule has 54 valence electrons. The van der Waals surface area contributed by atoms with Crippen molar-refractivity contribution < 1.29 is 4.21 Å². The van der Waals surface area contributed by atoms with Crippen molar-refractivity contribution in [3.8, 4) is 0 Å². The van der Waals surface area contributed by atoms with Crippen molar-refractivity contribution in [3.63, 3.8) is 0 Å². The van der Waals surface area contributed by atoms with E-state index in [1.807, 2.05) is 20.8 Å². The lowest BCUT2D eigenvalue weighted by Crippen LogP contribution is -2.01. The second-order valence-corrected chi connectivity index (χ2v) is 3.73. The highest BCUT2D eigenvalue weighted by molar-refractivity contribution is 7.84. The normalized spacial score (nSPS) is 15.1. The van der Waals surface area contributed by atoms with Crippen LogP contribution in [0.5, 0.6) is 0 Å². The Morgan fingerprint density at radius 2 is 2.22 bits per heavy atom. The lowest BCUT2D eigenvalue weighted by Gasteiger charge is -1.95.